The van der Waals surface area contributed by atoms with Gasteiger partial charge in [-0.1, -0.05) is 23.7 Å². The minimum absolute atomic E-state index is 0.0668. The van der Waals surface area contributed by atoms with Gasteiger partial charge in [0.1, 0.15) is 5.75 Å². The van der Waals surface area contributed by atoms with Crippen LogP contribution in [0.1, 0.15) is 0 Å². The molecule has 0 radical (unpaired) electrons. The molecule has 0 aliphatic rings. The van der Waals surface area contributed by atoms with E-state index in [0.717, 1.165) is 0 Å². The Morgan fingerprint density at radius 3 is 2.50 bits per heavy atom. The van der Waals surface area contributed by atoms with Gasteiger partial charge in [0.2, 0.25) is 5.43 Å². The third kappa shape index (κ3) is 4.20. The molecule has 0 aliphatic heterocycles. The number of nitrogens with zero attached hydrogens (tertiary/aromatic N) is 4. The van der Waals surface area contributed by atoms with E-state index < -0.39 is 12.1 Å². The molecule has 0 unspecified atom stereocenters. The number of benzene rings is 2. The highest BCUT2D eigenvalue weighted by Gasteiger charge is 2.31. The summed E-state index contributed by atoms with van der Waals surface area (Å²) in [6, 6.07) is 15.1. The Labute approximate surface area is 172 Å². The molecule has 2 aromatic heterocycles. The monoisotopic (exact) mass is 432 g/mol. The average Bonchev–Trinajstić information content (AvgIpc) is 3.17. The van der Waals surface area contributed by atoms with Gasteiger partial charge in [-0.3, -0.25) is 4.79 Å². The van der Waals surface area contributed by atoms with Crippen molar-refractivity contribution in [2.45, 2.75) is 6.36 Å². The molecule has 30 heavy (non-hydrogen) atoms. The van der Waals surface area contributed by atoms with Crippen LogP contribution in [0.4, 0.5) is 13.2 Å². The molecule has 4 rings (SSSR count). The average molecular weight is 433 g/mol. The van der Waals surface area contributed by atoms with Gasteiger partial charge in [-0.2, -0.15) is 10.2 Å². The second kappa shape index (κ2) is 7.68. The molecule has 0 bridgehead atoms. The van der Waals surface area contributed by atoms with Gasteiger partial charge in [-0.25, -0.2) is 9.36 Å². The minimum Gasteiger partial charge on any atom is -0.406 e. The first-order chi connectivity index (χ1) is 14.3. The predicted molar refractivity (Wildman–Crippen MR) is 104 cm³/mol. The Morgan fingerprint density at radius 1 is 0.967 bits per heavy atom. The lowest BCUT2D eigenvalue weighted by Gasteiger charge is -2.12. The molecule has 0 amide bonds. The maximum Gasteiger partial charge on any atom is 0.573 e. The highest BCUT2D eigenvalue weighted by molar-refractivity contribution is 6.30. The van der Waals surface area contributed by atoms with Gasteiger partial charge in [0.05, 0.1) is 23.3 Å². The molecule has 0 atom stereocenters. The van der Waals surface area contributed by atoms with Gasteiger partial charge in [-0.05, 0) is 36.4 Å². The van der Waals surface area contributed by atoms with Crippen molar-refractivity contribution in [2.24, 2.45) is 0 Å². The van der Waals surface area contributed by atoms with Crippen LogP contribution in [0.2, 0.25) is 5.02 Å². The van der Waals surface area contributed by atoms with Crippen LogP contribution in [0.3, 0.4) is 0 Å². The second-order valence-electron chi connectivity index (χ2n) is 6.13. The molecule has 0 saturated carbocycles. The van der Waals surface area contributed by atoms with Crippen LogP contribution in [0, 0.1) is 0 Å². The van der Waals surface area contributed by atoms with Gasteiger partial charge in [0, 0.05) is 23.4 Å². The minimum atomic E-state index is -4.82. The van der Waals surface area contributed by atoms with Crippen molar-refractivity contribution in [3.05, 3.63) is 88.3 Å². The maximum absolute atomic E-state index is 12.5. The number of hydrogen-bond donors (Lipinski definition) is 0. The van der Waals surface area contributed by atoms with Crippen LogP contribution in [-0.4, -0.2) is 25.9 Å². The fourth-order valence-corrected chi connectivity index (χ4v) is 3.03. The van der Waals surface area contributed by atoms with Crippen molar-refractivity contribution in [3.63, 3.8) is 0 Å². The Bertz CT molecular complexity index is 1270. The number of ether oxygens (including phenoxy) is 1. The van der Waals surface area contributed by atoms with Crippen LogP contribution in [0.15, 0.2) is 77.9 Å². The Kier molecular flexibility index (Phi) is 5.04. The van der Waals surface area contributed by atoms with Crippen LogP contribution >= 0.6 is 11.6 Å². The van der Waals surface area contributed by atoms with E-state index in [0.29, 0.717) is 16.4 Å². The van der Waals surface area contributed by atoms with Crippen molar-refractivity contribution in [2.75, 3.05) is 0 Å². The number of alkyl halides is 3. The molecule has 2 aromatic carbocycles. The summed E-state index contributed by atoms with van der Waals surface area (Å²) in [5, 5.41) is 9.03. The third-order valence-corrected chi connectivity index (χ3v) is 4.30. The topological polar surface area (TPSA) is 61.9 Å². The predicted octanol–water partition coefficient (Wildman–Crippen LogP) is 4.64. The second-order valence-corrected chi connectivity index (χ2v) is 6.56. The van der Waals surface area contributed by atoms with Gasteiger partial charge in [0.25, 0.3) is 0 Å². The van der Waals surface area contributed by atoms with Crippen LogP contribution in [0.25, 0.3) is 22.8 Å². The standard InChI is InChI=1S/C20H12ClF3N4O2/c21-13-3-1-5-15(11-13)28-17(7-9-25-28)19-18(29)8-10-27(26-19)14-4-2-6-16(12-14)30-20(22,23)24/h1-12H. The van der Waals surface area contributed by atoms with E-state index in [9.17, 15) is 18.0 Å². The molecule has 4 aromatic rings. The highest BCUT2D eigenvalue weighted by atomic mass is 35.5. The quantitative estimate of drug-likeness (QED) is 0.471. The molecular formula is C20H12ClF3N4O2. The van der Waals surface area contributed by atoms with Gasteiger partial charge < -0.3 is 4.74 Å². The summed E-state index contributed by atoms with van der Waals surface area (Å²) >= 11 is 6.04. The summed E-state index contributed by atoms with van der Waals surface area (Å²) in [6.45, 7) is 0. The first-order valence-corrected chi connectivity index (χ1v) is 8.94. The molecule has 0 N–H and O–H groups in total. The first-order valence-electron chi connectivity index (χ1n) is 8.57. The Morgan fingerprint density at radius 2 is 1.73 bits per heavy atom. The smallest absolute Gasteiger partial charge is 0.406 e. The van der Waals surface area contributed by atoms with Gasteiger partial charge >= 0.3 is 6.36 Å². The van der Waals surface area contributed by atoms with Crippen LogP contribution in [-0.2, 0) is 0 Å². The summed E-state index contributed by atoms with van der Waals surface area (Å²) in [5.74, 6) is -0.397. The summed E-state index contributed by atoms with van der Waals surface area (Å²) in [4.78, 5) is 12.5. The van der Waals surface area contributed by atoms with Crippen LogP contribution in [0.5, 0.6) is 5.75 Å². The molecule has 0 spiro atoms. The molecule has 10 heteroatoms. The lowest BCUT2D eigenvalue weighted by atomic mass is 10.2. The molecule has 152 valence electrons. The Balaban J connectivity index is 1.77. The molecule has 2 heterocycles. The van der Waals surface area contributed by atoms with E-state index in [2.05, 4.69) is 14.9 Å². The maximum atomic E-state index is 12.5. The summed E-state index contributed by atoms with van der Waals surface area (Å²) in [5.41, 5.74) is 1.00. The largest absolute Gasteiger partial charge is 0.573 e. The normalized spacial score (nSPS) is 11.5. The highest BCUT2D eigenvalue weighted by Crippen LogP contribution is 2.25. The van der Waals surface area contributed by atoms with Gasteiger partial charge in [-0.15, -0.1) is 13.2 Å². The van der Waals surface area contributed by atoms with E-state index in [-0.39, 0.29) is 16.8 Å². The molecule has 0 saturated heterocycles. The molecule has 6 nitrogen and oxygen atoms in total. The molecule has 0 aliphatic carbocycles. The van der Waals surface area contributed by atoms with Crippen molar-refractivity contribution in [3.8, 4) is 28.5 Å². The summed E-state index contributed by atoms with van der Waals surface area (Å²) < 4.78 is 44.3. The van der Waals surface area contributed by atoms with Crippen molar-refractivity contribution in [1.29, 1.82) is 0 Å². The van der Waals surface area contributed by atoms with Crippen molar-refractivity contribution in [1.82, 2.24) is 19.6 Å². The van der Waals surface area contributed by atoms with E-state index in [4.69, 9.17) is 11.6 Å². The third-order valence-electron chi connectivity index (χ3n) is 4.06. The van der Waals surface area contributed by atoms with E-state index in [1.807, 2.05) is 0 Å². The van der Waals surface area contributed by atoms with Crippen molar-refractivity contribution < 1.29 is 17.9 Å². The number of hydrogen-bond acceptors (Lipinski definition) is 4. The fourth-order valence-electron chi connectivity index (χ4n) is 2.85. The fraction of sp³-hybridized carbons (Fsp3) is 0.0500. The van der Waals surface area contributed by atoms with E-state index in [1.54, 1.807) is 36.4 Å². The van der Waals surface area contributed by atoms with Crippen LogP contribution < -0.4 is 10.2 Å². The first kappa shape index (κ1) is 19.7. The van der Waals surface area contributed by atoms with E-state index >= 15 is 0 Å². The zero-order valence-corrected chi connectivity index (χ0v) is 15.8. The summed E-state index contributed by atoms with van der Waals surface area (Å²) in [6.07, 6.45) is -1.95. The molecular weight excluding hydrogens is 421 g/mol. The van der Waals surface area contributed by atoms with Gasteiger partial charge in [0.15, 0.2) is 5.69 Å². The zero-order valence-electron chi connectivity index (χ0n) is 15.0. The number of halogens is 4. The SMILES string of the molecule is O=c1ccn(-c2cccc(OC(F)(F)F)c2)nc1-c1ccnn1-c1cccc(Cl)c1. The van der Waals surface area contributed by atoms with Crippen molar-refractivity contribution >= 4 is 11.6 Å². The lowest BCUT2D eigenvalue weighted by molar-refractivity contribution is -0.274. The molecule has 0 fully saturated rings. The Hall–Kier alpha value is -3.59. The number of rotatable bonds is 4. The van der Waals surface area contributed by atoms with E-state index in [1.165, 1.54) is 46.0 Å². The number of aromatic nitrogens is 4. The summed E-state index contributed by atoms with van der Waals surface area (Å²) in [7, 11) is 0. The zero-order chi connectivity index (χ0) is 21.3. The lowest BCUT2D eigenvalue weighted by Crippen LogP contribution is -2.17.